The second-order valence-corrected chi connectivity index (χ2v) is 7.74. The predicted octanol–water partition coefficient (Wildman–Crippen LogP) is 3.64. The Balaban J connectivity index is 0.000000260. The van der Waals surface area contributed by atoms with Gasteiger partial charge in [-0.1, -0.05) is 0 Å². The van der Waals surface area contributed by atoms with Crippen molar-refractivity contribution in [3.63, 3.8) is 0 Å². The summed E-state index contributed by atoms with van der Waals surface area (Å²) in [5.74, 6) is 0. The zero-order valence-electron chi connectivity index (χ0n) is 16.1. The average molecular weight is 358 g/mol. The van der Waals surface area contributed by atoms with Gasteiger partial charge in [0.2, 0.25) is 0 Å². The van der Waals surface area contributed by atoms with Crippen LogP contribution < -0.4 is 15.5 Å². The number of anilines is 2. The number of hydrogen-bond acceptors (Lipinski definition) is 5. The van der Waals surface area contributed by atoms with Crippen LogP contribution in [-0.2, 0) is 4.74 Å². The van der Waals surface area contributed by atoms with Gasteiger partial charge < -0.3 is 20.3 Å². The first kappa shape index (κ1) is 19.9. The molecule has 2 N–H and O–H groups in total. The summed E-state index contributed by atoms with van der Waals surface area (Å²) >= 11 is 0. The first-order valence-corrected chi connectivity index (χ1v) is 9.32. The van der Waals surface area contributed by atoms with E-state index < -0.39 is 11.7 Å². The van der Waals surface area contributed by atoms with E-state index >= 15 is 0 Å². The highest BCUT2D eigenvalue weighted by Gasteiger charge is 2.19. The maximum atomic E-state index is 10.0. The largest absolute Gasteiger partial charge is 0.444 e. The number of hydrogen-bond donors (Lipinski definition) is 1. The molecule has 0 unspecified atom stereocenters. The standard InChI is InChI=1S/C15H19N3.C5H11NO2/c16-12-13-5-6-14(17-7-1-2-8-17)11-15(13)18-9-3-4-10-18;1-5(2,3)8-4(6)7/h5-6,11H,1-4,7-10H2;1-3H3,(H2,6,7). The third-order valence-electron chi connectivity index (χ3n) is 4.43. The van der Waals surface area contributed by atoms with E-state index in [9.17, 15) is 10.1 Å². The predicted molar refractivity (Wildman–Crippen MR) is 104 cm³/mol. The fourth-order valence-electron chi connectivity index (χ4n) is 3.31. The molecule has 6 nitrogen and oxygen atoms in total. The quantitative estimate of drug-likeness (QED) is 0.873. The number of nitriles is 1. The first-order valence-electron chi connectivity index (χ1n) is 9.32. The molecular weight excluding hydrogens is 328 g/mol. The van der Waals surface area contributed by atoms with E-state index in [1.54, 1.807) is 20.8 Å². The number of carbonyl (C=O) groups is 1. The third kappa shape index (κ3) is 5.83. The van der Waals surface area contributed by atoms with Crippen molar-refractivity contribution in [2.24, 2.45) is 5.73 Å². The van der Waals surface area contributed by atoms with E-state index in [0.29, 0.717) is 0 Å². The van der Waals surface area contributed by atoms with Crippen LogP contribution in [0.25, 0.3) is 0 Å². The molecule has 6 heteroatoms. The van der Waals surface area contributed by atoms with Crippen LogP contribution in [0.3, 0.4) is 0 Å². The molecule has 2 heterocycles. The van der Waals surface area contributed by atoms with E-state index in [1.165, 1.54) is 31.4 Å². The van der Waals surface area contributed by atoms with Gasteiger partial charge in [-0.3, -0.25) is 0 Å². The smallest absolute Gasteiger partial charge is 0.405 e. The van der Waals surface area contributed by atoms with E-state index in [0.717, 1.165) is 37.4 Å². The van der Waals surface area contributed by atoms with Crippen molar-refractivity contribution in [3.8, 4) is 6.07 Å². The summed E-state index contributed by atoms with van der Waals surface area (Å²) in [4.78, 5) is 14.8. The molecule has 0 saturated carbocycles. The van der Waals surface area contributed by atoms with Crippen molar-refractivity contribution in [2.75, 3.05) is 36.0 Å². The van der Waals surface area contributed by atoms with E-state index in [-0.39, 0.29) is 0 Å². The molecular formula is C20H30N4O2. The normalized spacial score (nSPS) is 16.7. The van der Waals surface area contributed by atoms with Gasteiger partial charge in [0.1, 0.15) is 11.7 Å². The molecule has 0 aromatic heterocycles. The topological polar surface area (TPSA) is 82.6 Å². The summed E-state index contributed by atoms with van der Waals surface area (Å²) in [6, 6.07) is 8.64. The summed E-state index contributed by atoms with van der Waals surface area (Å²) in [5.41, 5.74) is 7.51. The number of benzene rings is 1. The molecule has 0 spiro atoms. The van der Waals surface area contributed by atoms with Gasteiger partial charge in [0, 0.05) is 31.9 Å². The molecule has 1 aromatic rings. The summed E-state index contributed by atoms with van der Waals surface area (Å²) < 4.78 is 4.58. The molecule has 2 aliphatic rings. The second-order valence-electron chi connectivity index (χ2n) is 7.74. The molecule has 0 radical (unpaired) electrons. The third-order valence-corrected chi connectivity index (χ3v) is 4.43. The highest BCUT2D eigenvalue weighted by Crippen LogP contribution is 2.30. The molecule has 26 heavy (non-hydrogen) atoms. The highest BCUT2D eigenvalue weighted by atomic mass is 16.6. The lowest BCUT2D eigenvalue weighted by Gasteiger charge is -2.23. The van der Waals surface area contributed by atoms with Gasteiger partial charge in [-0.25, -0.2) is 4.79 Å². The molecule has 1 aromatic carbocycles. The molecule has 0 bridgehead atoms. The Hall–Kier alpha value is -2.42. The van der Waals surface area contributed by atoms with Gasteiger partial charge in [0.05, 0.1) is 11.3 Å². The first-order chi connectivity index (χ1) is 12.3. The van der Waals surface area contributed by atoms with Crippen molar-refractivity contribution >= 4 is 17.5 Å². The van der Waals surface area contributed by atoms with E-state index in [1.807, 2.05) is 6.07 Å². The maximum absolute atomic E-state index is 10.0. The lowest BCUT2D eigenvalue weighted by atomic mass is 10.1. The molecule has 0 atom stereocenters. The number of primary amides is 1. The SMILES string of the molecule is CC(C)(C)OC(N)=O.N#Cc1ccc(N2CCCC2)cc1N1CCCC1. The summed E-state index contributed by atoms with van der Waals surface area (Å²) in [6.45, 7) is 9.79. The van der Waals surface area contributed by atoms with E-state index in [2.05, 4.69) is 32.7 Å². The van der Waals surface area contributed by atoms with Crippen LogP contribution in [-0.4, -0.2) is 37.9 Å². The van der Waals surface area contributed by atoms with Crippen molar-refractivity contribution < 1.29 is 9.53 Å². The van der Waals surface area contributed by atoms with Crippen LogP contribution in [0, 0.1) is 11.3 Å². The maximum Gasteiger partial charge on any atom is 0.405 e. The van der Waals surface area contributed by atoms with Crippen LogP contribution in [0.4, 0.5) is 16.2 Å². The van der Waals surface area contributed by atoms with Crippen LogP contribution in [0.2, 0.25) is 0 Å². The number of amides is 1. The molecule has 2 saturated heterocycles. The minimum Gasteiger partial charge on any atom is -0.444 e. The molecule has 1 amide bonds. The summed E-state index contributed by atoms with van der Waals surface area (Å²) in [6.07, 6.45) is 4.35. The minimum atomic E-state index is -0.725. The number of nitrogens with two attached hydrogens (primary N) is 1. The number of nitrogens with zero attached hydrogens (tertiary/aromatic N) is 3. The second kappa shape index (κ2) is 8.79. The zero-order valence-corrected chi connectivity index (χ0v) is 16.1. The van der Waals surface area contributed by atoms with Crippen LogP contribution in [0.1, 0.15) is 52.0 Å². The van der Waals surface area contributed by atoms with Crippen molar-refractivity contribution in [1.29, 1.82) is 5.26 Å². The molecule has 2 fully saturated rings. The van der Waals surface area contributed by atoms with Gasteiger partial charge in [-0.05, 0) is 64.7 Å². The Bertz CT molecular complexity index is 649. The fraction of sp³-hybridized carbons (Fsp3) is 0.600. The Labute approximate surface area is 156 Å². The lowest BCUT2D eigenvalue weighted by molar-refractivity contribution is 0.0600. The monoisotopic (exact) mass is 358 g/mol. The fourth-order valence-corrected chi connectivity index (χ4v) is 3.31. The van der Waals surface area contributed by atoms with Crippen LogP contribution in [0.15, 0.2) is 18.2 Å². The number of carbonyl (C=O) groups excluding carboxylic acids is 1. The number of rotatable bonds is 2. The van der Waals surface area contributed by atoms with Gasteiger partial charge >= 0.3 is 6.09 Å². The zero-order chi connectivity index (χ0) is 19.2. The Morgan fingerprint density at radius 1 is 1.08 bits per heavy atom. The van der Waals surface area contributed by atoms with Gasteiger partial charge in [-0.2, -0.15) is 5.26 Å². The van der Waals surface area contributed by atoms with Crippen LogP contribution >= 0.6 is 0 Å². The average Bonchev–Trinajstić information content (AvgIpc) is 3.26. The van der Waals surface area contributed by atoms with Gasteiger partial charge in [-0.15, -0.1) is 0 Å². The Morgan fingerprint density at radius 3 is 2.04 bits per heavy atom. The van der Waals surface area contributed by atoms with Gasteiger partial charge in [0.15, 0.2) is 0 Å². The molecule has 142 valence electrons. The summed E-state index contributed by atoms with van der Waals surface area (Å²) in [7, 11) is 0. The molecule has 3 rings (SSSR count). The highest BCUT2D eigenvalue weighted by molar-refractivity contribution is 5.67. The number of ether oxygens (including phenoxy) is 1. The van der Waals surface area contributed by atoms with Gasteiger partial charge in [0.25, 0.3) is 0 Å². The van der Waals surface area contributed by atoms with Crippen LogP contribution in [0.5, 0.6) is 0 Å². The Kier molecular flexibility index (Phi) is 6.73. The summed E-state index contributed by atoms with van der Waals surface area (Å²) in [5, 5.41) is 9.24. The van der Waals surface area contributed by atoms with Crippen molar-refractivity contribution in [3.05, 3.63) is 23.8 Å². The minimum absolute atomic E-state index is 0.453. The Morgan fingerprint density at radius 2 is 1.62 bits per heavy atom. The van der Waals surface area contributed by atoms with E-state index in [4.69, 9.17) is 5.73 Å². The molecule has 2 aliphatic heterocycles. The molecule has 0 aliphatic carbocycles. The van der Waals surface area contributed by atoms with Crippen molar-refractivity contribution in [2.45, 2.75) is 52.1 Å². The lowest BCUT2D eigenvalue weighted by Crippen LogP contribution is -2.27. The van der Waals surface area contributed by atoms with Crippen molar-refractivity contribution in [1.82, 2.24) is 0 Å².